The van der Waals surface area contributed by atoms with E-state index in [0.717, 1.165) is 6.33 Å². The molecule has 1 aliphatic heterocycles. The number of aliphatic hydroxyl groups is 3. The molecule has 1 saturated heterocycles. The number of pyridine rings is 1. The number of aliphatic hydroxyl groups excluding tert-OH is 1. The molecule has 10 nitrogen and oxygen atoms in total. The first-order valence-corrected chi connectivity index (χ1v) is 13.8. The number of carbonyl (C=O) groups is 3. The first-order chi connectivity index (χ1) is 21.5. The lowest BCUT2D eigenvalue weighted by Gasteiger charge is -2.39. The highest BCUT2D eigenvalue weighted by molar-refractivity contribution is 6.34. The first kappa shape index (κ1) is 30.3. The second-order valence-electron chi connectivity index (χ2n) is 10.4. The van der Waals surface area contributed by atoms with Gasteiger partial charge in [0.2, 0.25) is 29.1 Å². The Morgan fingerprint density at radius 1 is 0.800 bits per heavy atom. The fourth-order valence-electron chi connectivity index (χ4n) is 5.62. The number of aromatic nitrogens is 3. The molecule has 0 saturated carbocycles. The maximum atomic E-state index is 15.2. The minimum absolute atomic E-state index is 0.0462. The number of hydrogen-bond acceptors (Lipinski definition) is 9. The molecule has 6 rings (SSSR count). The normalized spacial score (nSPS) is 23.6. The first-order valence-electron chi connectivity index (χ1n) is 13.5. The Hall–Kier alpha value is -4.72. The highest BCUT2D eigenvalue weighted by Crippen LogP contribution is 2.51. The van der Waals surface area contributed by atoms with Gasteiger partial charge >= 0.3 is 0 Å². The van der Waals surface area contributed by atoms with E-state index in [1.54, 1.807) is 18.2 Å². The van der Waals surface area contributed by atoms with Crippen LogP contribution in [-0.2, 0) is 4.74 Å². The van der Waals surface area contributed by atoms with Gasteiger partial charge in [-0.15, -0.1) is 0 Å². The predicted octanol–water partition coefficient (Wildman–Crippen LogP) is 3.73. The lowest BCUT2D eigenvalue weighted by molar-refractivity contribution is -0.107. The monoisotopic (exact) mass is 633 g/mol. The molecule has 3 aromatic carbocycles. The molecule has 13 heteroatoms. The van der Waals surface area contributed by atoms with Crippen molar-refractivity contribution in [2.45, 2.75) is 29.6 Å². The van der Waals surface area contributed by atoms with Gasteiger partial charge in [0.1, 0.15) is 28.3 Å². The maximum absolute atomic E-state index is 15.2. The highest BCUT2D eigenvalue weighted by Gasteiger charge is 2.75. The van der Waals surface area contributed by atoms with Crippen molar-refractivity contribution < 1.29 is 43.2 Å². The van der Waals surface area contributed by atoms with Crippen molar-refractivity contribution in [3.05, 3.63) is 131 Å². The van der Waals surface area contributed by atoms with E-state index in [1.165, 1.54) is 72.8 Å². The van der Waals surface area contributed by atoms with Crippen molar-refractivity contribution in [2.75, 3.05) is 0 Å². The number of Topliss-reactive ketones (excluding diaryl/α,β-unsaturated/α-hetero) is 3. The van der Waals surface area contributed by atoms with Gasteiger partial charge in [0.15, 0.2) is 17.6 Å². The Morgan fingerprint density at radius 3 is 1.82 bits per heavy atom. The number of carbonyl (C=O) groups excluding carboxylic acids is 3. The van der Waals surface area contributed by atoms with Crippen molar-refractivity contribution in [2.24, 2.45) is 0 Å². The summed E-state index contributed by atoms with van der Waals surface area (Å²) in [6.07, 6.45) is -6.11. The Morgan fingerprint density at radius 2 is 1.29 bits per heavy atom. The molecule has 3 heterocycles. The summed E-state index contributed by atoms with van der Waals surface area (Å²) in [5.41, 5.74) is -8.42. The van der Waals surface area contributed by atoms with Crippen molar-refractivity contribution in [3.63, 3.8) is 0 Å². The van der Waals surface area contributed by atoms with Crippen LogP contribution in [0, 0.1) is 11.9 Å². The van der Waals surface area contributed by atoms with Crippen LogP contribution < -0.4 is 0 Å². The summed E-state index contributed by atoms with van der Waals surface area (Å²) in [5.74, 6) is -6.49. The molecule has 228 valence electrons. The van der Waals surface area contributed by atoms with Gasteiger partial charge in [-0.25, -0.2) is 4.98 Å². The van der Waals surface area contributed by atoms with E-state index < -0.39 is 74.9 Å². The van der Waals surface area contributed by atoms with Crippen LogP contribution in [0.2, 0.25) is 5.02 Å². The summed E-state index contributed by atoms with van der Waals surface area (Å²) in [6, 6.07) is 21.4. The third-order valence-corrected chi connectivity index (χ3v) is 8.17. The van der Waals surface area contributed by atoms with Gasteiger partial charge < -0.3 is 20.1 Å². The molecule has 0 aliphatic carbocycles. The summed E-state index contributed by atoms with van der Waals surface area (Å²) in [4.78, 5) is 49.1. The van der Waals surface area contributed by atoms with Crippen LogP contribution in [0.4, 0.5) is 8.78 Å². The van der Waals surface area contributed by atoms with Gasteiger partial charge in [0, 0.05) is 16.7 Å². The number of ketones is 3. The standard InChI is InChI=1S/C32H22ClF2N3O7/c33-20-21-22(29(35)37-28(20)34)38(16-36-21)30-32(44,26(42)19-14-8-3-9-15-19)31(43,25(41)18-12-6-2-7-13-18)27(45-30)24(40)23(39)17-10-4-1-5-11-17/h1-16,24,27,30,40,43-44H/t24?,27-,30-,31-,32+/m1/s1. The van der Waals surface area contributed by atoms with Crippen LogP contribution in [0.1, 0.15) is 37.3 Å². The lowest BCUT2D eigenvalue weighted by atomic mass is 9.69. The molecule has 0 amide bonds. The van der Waals surface area contributed by atoms with E-state index in [4.69, 9.17) is 16.3 Å². The van der Waals surface area contributed by atoms with Gasteiger partial charge in [0.05, 0.1) is 6.33 Å². The summed E-state index contributed by atoms with van der Waals surface area (Å²) in [5, 5.41) is 35.8. The molecule has 0 radical (unpaired) electrons. The Kier molecular flexibility index (Phi) is 7.63. The van der Waals surface area contributed by atoms with Crippen LogP contribution in [0.5, 0.6) is 0 Å². The van der Waals surface area contributed by atoms with E-state index in [2.05, 4.69) is 9.97 Å². The minimum Gasteiger partial charge on any atom is -0.382 e. The molecular weight excluding hydrogens is 612 g/mol. The molecule has 1 fully saturated rings. The number of imidazole rings is 1. The van der Waals surface area contributed by atoms with E-state index in [1.807, 2.05) is 0 Å². The number of ether oxygens (including phenoxy) is 1. The van der Waals surface area contributed by atoms with Crippen LogP contribution in [0.25, 0.3) is 11.0 Å². The summed E-state index contributed by atoms with van der Waals surface area (Å²) < 4.78 is 36.1. The summed E-state index contributed by atoms with van der Waals surface area (Å²) in [6.45, 7) is 0. The zero-order valence-corrected chi connectivity index (χ0v) is 23.7. The molecule has 1 aliphatic rings. The van der Waals surface area contributed by atoms with E-state index >= 15 is 4.39 Å². The average molecular weight is 634 g/mol. The molecule has 45 heavy (non-hydrogen) atoms. The second kappa shape index (κ2) is 11.3. The summed E-state index contributed by atoms with van der Waals surface area (Å²) >= 11 is 5.98. The van der Waals surface area contributed by atoms with Crippen molar-refractivity contribution >= 4 is 40.0 Å². The predicted molar refractivity (Wildman–Crippen MR) is 155 cm³/mol. The van der Waals surface area contributed by atoms with E-state index in [0.29, 0.717) is 4.57 Å². The topological polar surface area (TPSA) is 152 Å². The van der Waals surface area contributed by atoms with Gasteiger partial charge in [-0.05, 0) is 0 Å². The SMILES string of the molecule is O=C(c1ccccc1)C(O)[C@H]1O[C@@H](n2cnc3c(Cl)c(F)nc(F)c32)[C@@](O)(C(=O)c2ccccc2)[C@@]1(O)C(=O)c1ccccc1. The van der Waals surface area contributed by atoms with E-state index in [9.17, 15) is 34.1 Å². The number of rotatable bonds is 8. The number of nitrogens with zero attached hydrogens (tertiary/aromatic N) is 3. The zero-order valence-electron chi connectivity index (χ0n) is 22.9. The second-order valence-corrected chi connectivity index (χ2v) is 10.7. The quantitative estimate of drug-likeness (QED) is 0.171. The molecule has 2 aromatic heterocycles. The molecule has 3 N–H and O–H groups in total. The highest BCUT2D eigenvalue weighted by atomic mass is 35.5. The molecule has 0 bridgehead atoms. The number of fused-ring (bicyclic) bond motifs is 1. The smallest absolute Gasteiger partial charge is 0.241 e. The fraction of sp³-hybridized carbons (Fsp3) is 0.156. The molecule has 5 atom stereocenters. The van der Waals surface area contributed by atoms with Crippen molar-refractivity contribution in [1.29, 1.82) is 0 Å². The Bertz CT molecular complexity index is 1940. The third-order valence-electron chi connectivity index (χ3n) is 7.83. The van der Waals surface area contributed by atoms with Gasteiger partial charge in [0.25, 0.3) is 0 Å². The molecule has 0 spiro atoms. The number of hydrogen-bond donors (Lipinski definition) is 3. The van der Waals surface area contributed by atoms with Gasteiger partial charge in [-0.3, -0.25) is 19.0 Å². The third kappa shape index (κ3) is 4.57. The Labute approximate surface area is 258 Å². The van der Waals surface area contributed by atoms with Crippen LogP contribution in [0.3, 0.4) is 0 Å². The minimum atomic E-state index is -3.40. The Balaban J connectivity index is 1.64. The maximum Gasteiger partial charge on any atom is 0.241 e. The average Bonchev–Trinajstić information content (AvgIpc) is 3.62. The van der Waals surface area contributed by atoms with E-state index in [-0.39, 0.29) is 16.7 Å². The molecule has 5 aromatic rings. The molecule has 1 unspecified atom stereocenters. The van der Waals surface area contributed by atoms with Gasteiger partial charge in [-0.1, -0.05) is 103 Å². The number of benzene rings is 3. The fourth-order valence-corrected chi connectivity index (χ4v) is 5.80. The van der Waals surface area contributed by atoms with Crippen LogP contribution in [0.15, 0.2) is 97.3 Å². The van der Waals surface area contributed by atoms with Crippen molar-refractivity contribution in [1.82, 2.24) is 14.5 Å². The lowest BCUT2D eigenvalue weighted by Crippen LogP contribution is -2.68. The number of halogens is 3. The van der Waals surface area contributed by atoms with Crippen LogP contribution >= 0.6 is 11.6 Å². The largest absolute Gasteiger partial charge is 0.382 e. The zero-order chi connectivity index (χ0) is 32.1. The van der Waals surface area contributed by atoms with Gasteiger partial charge in [-0.2, -0.15) is 13.8 Å². The summed E-state index contributed by atoms with van der Waals surface area (Å²) in [7, 11) is 0. The van der Waals surface area contributed by atoms with Crippen molar-refractivity contribution in [3.8, 4) is 0 Å². The molecular formula is C32H22ClF2N3O7. The van der Waals surface area contributed by atoms with Crippen LogP contribution in [-0.4, -0.2) is 70.6 Å².